The Morgan fingerprint density at radius 3 is 2.79 bits per heavy atom. The number of aromatic hydroxyl groups is 1. The molecule has 0 fully saturated rings. The summed E-state index contributed by atoms with van der Waals surface area (Å²) >= 11 is 0. The van der Waals surface area contributed by atoms with Gasteiger partial charge in [-0.05, 0) is 32.4 Å². The molecule has 2 rings (SSSR count). The van der Waals surface area contributed by atoms with E-state index >= 15 is 0 Å². The summed E-state index contributed by atoms with van der Waals surface area (Å²) in [6.07, 6.45) is 1.97. The van der Waals surface area contributed by atoms with Crippen molar-refractivity contribution in [2.75, 3.05) is 0 Å². The third kappa shape index (κ3) is 5.25. The van der Waals surface area contributed by atoms with E-state index in [9.17, 15) is 19.6 Å². The van der Waals surface area contributed by atoms with Gasteiger partial charge in [0.25, 0.3) is 0 Å². The monoisotopic (exact) mass is 406 g/mol. The molecule has 1 heterocycles. The highest BCUT2D eigenvalue weighted by atomic mass is 31.1. The lowest BCUT2D eigenvalue weighted by Gasteiger charge is -2.12. The summed E-state index contributed by atoms with van der Waals surface area (Å²) in [7, 11) is -2.57. The molecule has 0 saturated carbocycles. The number of aldehydes is 1. The van der Waals surface area contributed by atoms with E-state index in [0.717, 1.165) is 5.56 Å². The van der Waals surface area contributed by atoms with Gasteiger partial charge in [-0.25, -0.2) is 4.79 Å². The molecule has 0 aliphatic rings. The second-order valence-corrected chi connectivity index (χ2v) is 6.81. The highest BCUT2D eigenvalue weighted by molar-refractivity contribution is 7.34. The first-order valence-electron chi connectivity index (χ1n) is 8.17. The van der Waals surface area contributed by atoms with Crippen LogP contribution in [0.25, 0.3) is 0 Å². The van der Waals surface area contributed by atoms with E-state index in [1.807, 2.05) is 0 Å². The maximum Gasteiger partial charge on any atom is 0.395 e. The van der Waals surface area contributed by atoms with Crippen LogP contribution in [-0.2, 0) is 11.4 Å². The van der Waals surface area contributed by atoms with Gasteiger partial charge in [0.15, 0.2) is 18.1 Å². The number of carbonyl (C=O) groups is 2. The van der Waals surface area contributed by atoms with Gasteiger partial charge in [-0.15, -0.1) is 0 Å². The molecule has 148 valence electrons. The zero-order valence-electron chi connectivity index (χ0n) is 15.4. The zero-order chi connectivity index (χ0) is 20.8. The van der Waals surface area contributed by atoms with Crippen LogP contribution in [0.5, 0.6) is 17.2 Å². The van der Waals surface area contributed by atoms with E-state index in [4.69, 9.17) is 14.4 Å². The summed E-state index contributed by atoms with van der Waals surface area (Å²) in [5.41, 5.74) is 1.58. The van der Waals surface area contributed by atoms with Crippen molar-refractivity contribution in [2.24, 2.45) is 4.74 Å². The molecule has 28 heavy (non-hydrogen) atoms. The van der Waals surface area contributed by atoms with Crippen LogP contribution in [0.2, 0.25) is 0 Å². The van der Waals surface area contributed by atoms with Crippen LogP contribution in [0.3, 0.4) is 0 Å². The van der Waals surface area contributed by atoms with Gasteiger partial charge in [0.1, 0.15) is 18.1 Å². The van der Waals surface area contributed by atoms with Gasteiger partial charge in [-0.2, -0.15) is 0 Å². The van der Waals surface area contributed by atoms with Crippen LogP contribution in [0.4, 0.5) is 0 Å². The largest absolute Gasteiger partial charge is 0.575 e. The van der Waals surface area contributed by atoms with Crippen LogP contribution in [0.15, 0.2) is 29.1 Å². The van der Waals surface area contributed by atoms with Crippen molar-refractivity contribution >= 4 is 20.4 Å². The van der Waals surface area contributed by atoms with E-state index in [0.29, 0.717) is 23.3 Å². The van der Waals surface area contributed by atoms with Crippen molar-refractivity contribution < 1.29 is 34.0 Å². The number of aromatic nitrogens is 1. The van der Waals surface area contributed by atoms with Crippen molar-refractivity contribution in [3.8, 4) is 17.2 Å². The predicted molar refractivity (Wildman–Crippen MR) is 98.6 cm³/mol. The number of pyridine rings is 1. The molecular weight excluding hydrogens is 387 g/mol. The number of ether oxygens (including phenoxy) is 1. The summed E-state index contributed by atoms with van der Waals surface area (Å²) in [4.78, 5) is 37.8. The second-order valence-electron chi connectivity index (χ2n) is 5.92. The minimum Gasteiger partial charge on any atom is -0.575 e. The Hall–Kier alpha value is -3.03. The van der Waals surface area contributed by atoms with Gasteiger partial charge in [-0.1, -0.05) is 10.8 Å². The molecule has 0 amide bonds. The molecule has 0 aliphatic heterocycles. The fourth-order valence-corrected chi connectivity index (χ4v) is 2.87. The number of nitrogens with zero attached hydrogens (tertiary/aromatic N) is 2. The van der Waals surface area contributed by atoms with Crippen molar-refractivity contribution in [1.82, 2.24) is 4.98 Å². The van der Waals surface area contributed by atoms with Gasteiger partial charge in [-0.3, -0.25) is 14.3 Å². The smallest absolute Gasteiger partial charge is 0.395 e. The van der Waals surface area contributed by atoms with E-state index in [2.05, 4.69) is 9.73 Å². The Morgan fingerprint density at radius 1 is 1.43 bits per heavy atom. The minimum absolute atomic E-state index is 0.0359. The minimum atomic E-state index is -2.57. The highest BCUT2D eigenvalue weighted by Crippen LogP contribution is 2.31. The first-order chi connectivity index (χ1) is 13.2. The number of hydrogen-bond donors (Lipinski definition) is 2. The van der Waals surface area contributed by atoms with Gasteiger partial charge in [0, 0.05) is 17.8 Å². The number of benzene rings is 1. The van der Waals surface area contributed by atoms with E-state index in [1.165, 1.54) is 19.2 Å². The van der Waals surface area contributed by atoms with Crippen LogP contribution >= 0.6 is 8.17 Å². The number of hydrogen-bond acceptors (Lipinski definition) is 8. The van der Waals surface area contributed by atoms with Crippen molar-refractivity contribution in [3.05, 3.63) is 46.8 Å². The third-order valence-corrected chi connectivity index (χ3v) is 4.73. The van der Waals surface area contributed by atoms with Crippen molar-refractivity contribution in [1.29, 1.82) is 0 Å². The summed E-state index contributed by atoms with van der Waals surface area (Å²) in [5, 5.41) is 18.7. The van der Waals surface area contributed by atoms with Crippen LogP contribution in [-0.4, -0.2) is 33.5 Å². The van der Waals surface area contributed by atoms with E-state index in [-0.39, 0.29) is 23.7 Å². The SMILES string of the molecule is Cc1ccc(O[P+]([O-])=NC(C)C(=O)O)cc1OCc1cnc(C)c(O)c1C=O. The van der Waals surface area contributed by atoms with Gasteiger partial charge in [0.2, 0.25) is 0 Å². The standard InChI is InChI=1S/C18H19N2O7P/c1-10-4-5-14(27-28(25)20-12(3)18(23)24)6-16(10)26-9-13-7-19-11(2)17(22)15(13)8-21/h4-8,12,22H,9H2,1-3H3,(H,23,24). The fraction of sp³-hybridized carbons (Fsp3) is 0.278. The molecule has 1 aromatic heterocycles. The number of rotatable bonds is 8. The van der Waals surface area contributed by atoms with Crippen LogP contribution < -0.4 is 14.2 Å². The molecule has 0 saturated heterocycles. The maximum atomic E-state index is 11.8. The Balaban J connectivity index is 2.17. The highest BCUT2D eigenvalue weighted by Gasteiger charge is 2.16. The summed E-state index contributed by atoms with van der Waals surface area (Å²) in [6.45, 7) is 4.61. The maximum absolute atomic E-state index is 11.8. The topological polar surface area (TPSA) is 141 Å². The average molecular weight is 406 g/mol. The molecule has 0 bridgehead atoms. The fourth-order valence-electron chi connectivity index (χ4n) is 2.15. The van der Waals surface area contributed by atoms with Gasteiger partial charge in [0.05, 0.1) is 11.3 Å². The lowest BCUT2D eigenvalue weighted by atomic mass is 10.1. The molecule has 10 heteroatoms. The van der Waals surface area contributed by atoms with Crippen molar-refractivity contribution in [2.45, 2.75) is 33.4 Å². The van der Waals surface area contributed by atoms with Gasteiger partial charge < -0.3 is 19.8 Å². The van der Waals surface area contributed by atoms with E-state index in [1.54, 1.807) is 26.0 Å². The molecule has 0 aliphatic carbocycles. The van der Waals surface area contributed by atoms with E-state index < -0.39 is 20.2 Å². The quantitative estimate of drug-likeness (QED) is 0.503. The zero-order valence-corrected chi connectivity index (χ0v) is 16.3. The Kier molecular flexibility index (Phi) is 7.03. The van der Waals surface area contributed by atoms with Crippen molar-refractivity contribution in [3.63, 3.8) is 0 Å². The molecule has 2 atom stereocenters. The van der Waals surface area contributed by atoms with Crippen LogP contribution in [0.1, 0.15) is 34.1 Å². The third-order valence-electron chi connectivity index (χ3n) is 3.83. The van der Waals surface area contributed by atoms with Crippen LogP contribution in [0, 0.1) is 13.8 Å². The molecule has 0 spiro atoms. The normalized spacial score (nSPS) is 12.4. The molecule has 2 N–H and O–H groups in total. The summed E-state index contributed by atoms with van der Waals surface area (Å²) in [6, 6.07) is 3.53. The molecule has 2 aromatic rings. The number of aliphatic carboxylic acids is 1. The number of aryl methyl sites for hydroxylation is 2. The Morgan fingerprint density at radius 2 is 2.14 bits per heavy atom. The molecular formula is C18H19N2O7P. The first kappa shape index (κ1) is 21.3. The first-order valence-corrected chi connectivity index (χ1v) is 9.30. The second kappa shape index (κ2) is 9.25. The number of carboxylic acids is 1. The summed E-state index contributed by atoms with van der Waals surface area (Å²) in [5.74, 6) is -0.829. The molecule has 9 nitrogen and oxygen atoms in total. The van der Waals surface area contributed by atoms with Gasteiger partial charge >= 0.3 is 14.1 Å². The lowest BCUT2D eigenvalue weighted by Crippen LogP contribution is -2.13. The molecule has 2 unspecified atom stereocenters. The molecule has 1 aromatic carbocycles. The summed E-state index contributed by atoms with van der Waals surface area (Å²) < 4.78 is 14.4. The predicted octanol–water partition coefficient (Wildman–Crippen LogP) is 2.50. The Labute approximate surface area is 162 Å². The Bertz CT molecular complexity index is 930. The molecule has 0 radical (unpaired) electrons. The number of carboxylic acid groups (broad SMARTS) is 1. The number of carbonyl (C=O) groups excluding carboxylic acids is 1. The lowest BCUT2D eigenvalue weighted by molar-refractivity contribution is -0.169. The average Bonchev–Trinajstić information content (AvgIpc) is 2.64.